The van der Waals surface area contributed by atoms with E-state index in [9.17, 15) is 9.59 Å². The van der Waals surface area contributed by atoms with Crippen LogP contribution in [0.2, 0.25) is 15.1 Å². The van der Waals surface area contributed by atoms with Crippen molar-refractivity contribution in [2.45, 2.75) is 52.2 Å². The van der Waals surface area contributed by atoms with E-state index >= 15 is 0 Å². The molecule has 156 valence electrons. The molecular weight excluding hydrogens is 431 g/mol. The highest BCUT2D eigenvalue weighted by molar-refractivity contribution is 6.36. The molecule has 0 heterocycles. The van der Waals surface area contributed by atoms with Gasteiger partial charge in [-0.3, -0.25) is 9.59 Å². The molecule has 7 heteroatoms. The van der Waals surface area contributed by atoms with Crippen LogP contribution in [-0.4, -0.2) is 28.8 Å². The predicted octanol–water partition coefficient (Wildman–Crippen LogP) is 5.52. The van der Waals surface area contributed by atoms with E-state index in [2.05, 4.69) is 5.32 Å². The van der Waals surface area contributed by atoms with Crippen molar-refractivity contribution in [3.8, 4) is 0 Å². The molecule has 0 aliphatic carbocycles. The third kappa shape index (κ3) is 6.63. The number of benzene rings is 2. The van der Waals surface area contributed by atoms with Gasteiger partial charge in [0.2, 0.25) is 11.8 Å². The van der Waals surface area contributed by atoms with Crippen molar-refractivity contribution in [1.82, 2.24) is 10.2 Å². The number of carbonyl (C=O) groups is 2. The van der Waals surface area contributed by atoms with Crippen LogP contribution in [0.5, 0.6) is 0 Å². The summed E-state index contributed by atoms with van der Waals surface area (Å²) in [5, 5.41) is 4.40. The number of rotatable bonds is 8. The van der Waals surface area contributed by atoms with Gasteiger partial charge in [-0.15, -0.1) is 0 Å². The van der Waals surface area contributed by atoms with Gasteiger partial charge in [-0.25, -0.2) is 0 Å². The van der Waals surface area contributed by atoms with E-state index < -0.39 is 6.04 Å². The Kier molecular flexibility index (Phi) is 8.81. The molecule has 0 radical (unpaired) electrons. The van der Waals surface area contributed by atoms with Gasteiger partial charge in [0.25, 0.3) is 0 Å². The van der Waals surface area contributed by atoms with E-state index in [1.807, 2.05) is 26.0 Å². The van der Waals surface area contributed by atoms with Crippen molar-refractivity contribution in [3.63, 3.8) is 0 Å². The van der Waals surface area contributed by atoms with Crippen LogP contribution >= 0.6 is 34.8 Å². The average molecular weight is 456 g/mol. The Labute approximate surface area is 187 Å². The van der Waals surface area contributed by atoms with Gasteiger partial charge in [0.15, 0.2) is 0 Å². The van der Waals surface area contributed by atoms with Crippen molar-refractivity contribution in [1.29, 1.82) is 0 Å². The monoisotopic (exact) mass is 454 g/mol. The molecule has 0 aliphatic rings. The maximum absolute atomic E-state index is 13.2. The number of carbonyl (C=O) groups excluding carboxylic acids is 2. The standard InChI is InChI=1S/C22H25Cl3N2O2/c1-4-14(2)26-22(29)15(3)27(13-16-8-10-17(23)11-9-16)21(28)12-18-19(24)6-5-7-20(18)25/h5-11,14-15H,4,12-13H2,1-3H3,(H,26,29)/t14-,15+/m0/s1. The van der Waals surface area contributed by atoms with Crippen LogP contribution in [0, 0.1) is 0 Å². The lowest BCUT2D eigenvalue weighted by Crippen LogP contribution is -2.49. The third-order valence-corrected chi connectivity index (χ3v) is 5.78. The Morgan fingerprint density at radius 1 is 1.00 bits per heavy atom. The van der Waals surface area contributed by atoms with Crippen LogP contribution < -0.4 is 5.32 Å². The van der Waals surface area contributed by atoms with Crippen LogP contribution in [-0.2, 0) is 22.6 Å². The molecule has 0 aromatic heterocycles. The lowest BCUT2D eigenvalue weighted by Gasteiger charge is -2.30. The molecule has 0 saturated heterocycles. The molecule has 0 unspecified atom stereocenters. The zero-order valence-corrected chi connectivity index (χ0v) is 19.0. The van der Waals surface area contributed by atoms with Gasteiger partial charge < -0.3 is 10.2 Å². The largest absolute Gasteiger partial charge is 0.352 e. The van der Waals surface area contributed by atoms with Crippen LogP contribution in [0.1, 0.15) is 38.3 Å². The van der Waals surface area contributed by atoms with Gasteiger partial charge in [0, 0.05) is 27.7 Å². The Balaban J connectivity index is 2.28. The van der Waals surface area contributed by atoms with Crippen molar-refractivity contribution >= 4 is 46.6 Å². The molecule has 0 bridgehead atoms. The van der Waals surface area contributed by atoms with E-state index in [0.717, 1.165) is 12.0 Å². The van der Waals surface area contributed by atoms with E-state index in [1.165, 1.54) is 0 Å². The van der Waals surface area contributed by atoms with Crippen LogP contribution in [0.4, 0.5) is 0 Å². The summed E-state index contributed by atoms with van der Waals surface area (Å²) in [5.41, 5.74) is 1.42. The molecule has 0 spiro atoms. The maximum Gasteiger partial charge on any atom is 0.242 e. The first-order valence-corrected chi connectivity index (χ1v) is 10.6. The number of nitrogens with one attached hydrogen (secondary N) is 1. The zero-order chi connectivity index (χ0) is 21.6. The summed E-state index contributed by atoms with van der Waals surface area (Å²) in [4.78, 5) is 27.4. The highest BCUT2D eigenvalue weighted by Gasteiger charge is 2.27. The molecule has 2 rings (SSSR count). The summed E-state index contributed by atoms with van der Waals surface area (Å²) >= 11 is 18.4. The summed E-state index contributed by atoms with van der Waals surface area (Å²) in [6.07, 6.45) is 0.811. The van der Waals surface area contributed by atoms with Gasteiger partial charge in [-0.05, 0) is 55.7 Å². The summed E-state index contributed by atoms with van der Waals surface area (Å²) in [7, 11) is 0. The number of nitrogens with zero attached hydrogens (tertiary/aromatic N) is 1. The van der Waals surface area contributed by atoms with E-state index in [-0.39, 0.29) is 30.8 Å². The molecule has 2 amide bonds. The predicted molar refractivity (Wildman–Crippen MR) is 120 cm³/mol. The Hall–Kier alpha value is -1.75. The molecule has 0 saturated carbocycles. The first-order chi connectivity index (χ1) is 13.7. The van der Waals surface area contributed by atoms with Crippen molar-refractivity contribution in [2.75, 3.05) is 0 Å². The Morgan fingerprint density at radius 2 is 1.59 bits per heavy atom. The SMILES string of the molecule is CC[C@H](C)NC(=O)[C@@H](C)N(Cc1ccc(Cl)cc1)C(=O)Cc1c(Cl)cccc1Cl. The third-order valence-electron chi connectivity index (χ3n) is 4.82. The van der Waals surface area contributed by atoms with Gasteiger partial charge in [0.1, 0.15) is 6.04 Å². The van der Waals surface area contributed by atoms with Gasteiger partial charge in [-0.1, -0.05) is 59.9 Å². The Bertz CT molecular complexity index is 835. The molecule has 2 aromatic carbocycles. The summed E-state index contributed by atoms with van der Waals surface area (Å²) in [6, 6.07) is 11.7. The number of amides is 2. The van der Waals surface area contributed by atoms with Crippen LogP contribution in [0.3, 0.4) is 0 Å². The van der Waals surface area contributed by atoms with Gasteiger partial charge in [0.05, 0.1) is 6.42 Å². The van der Waals surface area contributed by atoms with E-state index in [0.29, 0.717) is 20.6 Å². The summed E-state index contributed by atoms with van der Waals surface area (Å²) in [5.74, 6) is -0.436. The molecular formula is C22H25Cl3N2O2. The minimum atomic E-state index is -0.659. The lowest BCUT2D eigenvalue weighted by atomic mass is 10.1. The molecule has 4 nitrogen and oxygen atoms in total. The quantitative estimate of drug-likeness (QED) is 0.569. The number of hydrogen-bond acceptors (Lipinski definition) is 2. The minimum Gasteiger partial charge on any atom is -0.352 e. The Morgan fingerprint density at radius 3 is 2.14 bits per heavy atom. The van der Waals surface area contributed by atoms with Gasteiger partial charge in [-0.2, -0.15) is 0 Å². The van der Waals surface area contributed by atoms with E-state index in [1.54, 1.807) is 42.2 Å². The van der Waals surface area contributed by atoms with Crippen LogP contribution in [0.25, 0.3) is 0 Å². The maximum atomic E-state index is 13.2. The fourth-order valence-corrected chi connectivity index (χ4v) is 3.45. The fourth-order valence-electron chi connectivity index (χ4n) is 2.79. The topological polar surface area (TPSA) is 49.4 Å². The van der Waals surface area contributed by atoms with Crippen molar-refractivity contribution < 1.29 is 9.59 Å². The van der Waals surface area contributed by atoms with Gasteiger partial charge >= 0.3 is 0 Å². The molecule has 1 N–H and O–H groups in total. The zero-order valence-electron chi connectivity index (χ0n) is 16.7. The fraction of sp³-hybridized carbons (Fsp3) is 0.364. The normalized spacial score (nSPS) is 12.9. The average Bonchev–Trinajstić information content (AvgIpc) is 2.69. The second-order valence-corrected chi connectivity index (χ2v) is 8.27. The summed E-state index contributed by atoms with van der Waals surface area (Å²) < 4.78 is 0. The molecule has 2 atom stereocenters. The second-order valence-electron chi connectivity index (χ2n) is 7.02. The van der Waals surface area contributed by atoms with Crippen LogP contribution in [0.15, 0.2) is 42.5 Å². The molecule has 2 aromatic rings. The summed E-state index contributed by atoms with van der Waals surface area (Å²) in [6.45, 7) is 5.91. The lowest BCUT2D eigenvalue weighted by molar-refractivity contribution is -0.140. The number of halogens is 3. The molecule has 29 heavy (non-hydrogen) atoms. The highest BCUT2D eigenvalue weighted by atomic mass is 35.5. The van der Waals surface area contributed by atoms with Crippen molar-refractivity contribution in [2.24, 2.45) is 0 Å². The number of hydrogen-bond donors (Lipinski definition) is 1. The minimum absolute atomic E-state index is 0.00699. The first-order valence-electron chi connectivity index (χ1n) is 9.50. The molecule has 0 aliphatic heterocycles. The first kappa shape index (κ1) is 23.5. The van der Waals surface area contributed by atoms with E-state index in [4.69, 9.17) is 34.8 Å². The second kappa shape index (κ2) is 10.9. The molecule has 0 fully saturated rings. The smallest absolute Gasteiger partial charge is 0.242 e. The highest BCUT2D eigenvalue weighted by Crippen LogP contribution is 2.26. The van der Waals surface area contributed by atoms with Crippen molar-refractivity contribution in [3.05, 3.63) is 68.7 Å².